The first-order valence-electron chi connectivity index (χ1n) is 11.0. The van der Waals surface area contributed by atoms with Gasteiger partial charge >= 0.3 is 0 Å². The molecule has 5 nitrogen and oxygen atoms in total. The number of nitrogens with one attached hydrogen (secondary N) is 1. The molecule has 1 aromatic carbocycles. The number of likely N-dealkylation sites (tertiary alicyclic amines) is 2. The molecule has 0 bridgehead atoms. The van der Waals surface area contributed by atoms with Gasteiger partial charge < -0.3 is 15.1 Å². The van der Waals surface area contributed by atoms with Gasteiger partial charge in [-0.15, -0.1) is 11.3 Å². The molecule has 1 atom stereocenters. The van der Waals surface area contributed by atoms with Crippen LogP contribution in [0, 0.1) is 11.8 Å². The number of thiophene rings is 1. The highest BCUT2D eigenvalue weighted by Crippen LogP contribution is 2.24. The van der Waals surface area contributed by atoms with Gasteiger partial charge in [0.25, 0.3) is 11.8 Å². The monoisotopic (exact) mass is 425 g/mol. The molecule has 0 radical (unpaired) electrons. The minimum absolute atomic E-state index is 0.0687. The highest BCUT2D eigenvalue weighted by Gasteiger charge is 2.27. The molecule has 2 aromatic rings. The van der Waals surface area contributed by atoms with E-state index >= 15 is 0 Å². The van der Waals surface area contributed by atoms with Gasteiger partial charge in [0.05, 0.1) is 4.88 Å². The van der Waals surface area contributed by atoms with Gasteiger partial charge in [-0.3, -0.25) is 9.59 Å². The van der Waals surface area contributed by atoms with E-state index in [0.29, 0.717) is 22.0 Å². The number of hydrogen-bond acceptors (Lipinski definition) is 4. The van der Waals surface area contributed by atoms with Crippen LogP contribution in [0.15, 0.2) is 41.8 Å². The number of rotatable bonds is 5. The summed E-state index contributed by atoms with van der Waals surface area (Å²) in [5.74, 6) is 1.33. The van der Waals surface area contributed by atoms with Crippen molar-refractivity contribution in [3.63, 3.8) is 0 Å². The number of piperidine rings is 2. The second kappa shape index (κ2) is 9.75. The van der Waals surface area contributed by atoms with Crippen LogP contribution in [0.5, 0.6) is 0 Å². The molecule has 0 aliphatic carbocycles. The number of carbonyl (C=O) groups is 2. The van der Waals surface area contributed by atoms with Gasteiger partial charge in [0.2, 0.25) is 0 Å². The highest BCUT2D eigenvalue weighted by atomic mass is 32.1. The Labute approximate surface area is 183 Å². The third kappa shape index (κ3) is 5.29. The first-order chi connectivity index (χ1) is 14.6. The van der Waals surface area contributed by atoms with Crippen LogP contribution in [-0.2, 0) is 0 Å². The average Bonchev–Trinajstić information content (AvgIpc) is 3.30. The molecule has 1 unspecified atom stereocenters. The number of anilines is 1. The average molecular weight is 426 g/mol. The first kappa shape index (κ1) is 21.1. The summed E-state index contributed by atoms with van der Waals surface area (Å²) >= 11 is 1.41. The molecule has 2 aliphatic rings. The lowest BCUT2D eigenvalue weighted by Gasteiger charge is -2.38. The van der Waals surface area contributed by atoms with Crippen molar-refractivity contribution in [3.05, 3.63) is 52.2 Å². The molecule has 6 heteroatoms. The summed E-state index contributed by atoms with van der Waals surface area (Å²) < 4.78 is 0. The minimum atomic E-state index is -0.136. The maximum absolute atomic E-state index is 13.1. The summed E-state index contributed by atoms with van der Waals surface area (Å²) in [4.78, 5) is 30.7. The zero-order chi connectivity index (χ0) is 20.9. The highest BCUT2D eigenvalue weighted by molar-refractivity contribution is 7.12. The second-order valence-electron chi connectivity index (χ2n) is 8.75. The molecule has 2 amide bonds. The Morgan fingerprint density at radius 1 is 1.10 bits per heavy atom. The van der Waals surface area contributed by atoms with Gasteiger partial charge in [-0.05, 0) is 80.3 Å². The number of nitrogens with zero attached hydrogens (tertiary/aromatic N) is 2. The summed E-state index contributed by atoms with van der Waals surface area (Å²) in [7, 11) is 0. The zero-order valence-corrected chi connectivity index (χ0v) is 18.5. The summed E-state index contributed by atoms with van der Waals surface area (Å²) in [6, 6.07) is 11.0. The topological polar surface area (TPSA) is 52.6 Å². The zero-order valence-electron chi connectivity index (χ0n) is 17.7. The van der Waals surface area contributed by atoms with Crippen LogP contribution < -0.4 is 5.32 Å². The van der Waals surface area contributed by atoms with E-state index in [1.165, 1.54) is 43.7 Å². The van der Waals surface area contributed by atoms with E-state index < -0.39 is 0 Å². The van der Waals surface area contributed by atoms with E-state index in [4.69, 9.17) is 0 Å². The second-order valence-corrected chi connectivity index (χ2v) is 9.70. The van der Waals surface area contributed by atoms with Crippen LogP contribution in [0.25, 0.3) is 0 Å². The van der Waals surface area contributed by atoms with E-state index in [0.717, 1.165) is 32.0 Å². The van der Waals surface area contributed by atoms with Gasteiger partial charge in [0.1, 0.15) is 0 Å². The van der Waals surface area contributed by atoms with Gasteiger partial charge in [-0.2, -0.15) is 0 Å². The predicted molar refractivity (Wildman–Crippen MR) is 122 cm³/mol. The van der Waals surface area contributed by atoms with Crippen molar-refractivity contribution in [2.75, 3.05) is 38.0 Å². The molecule has 4 rings (SSSR count). The molecular weight excluding hydrogens is 394 g/mol. The first-order valence-corrected chi connectivity index (χ1v) is 11.9. The fourth-order valence-electron chi connectivity index (χ4n) is 4.52. The Balaban J connectivity index is 1.36. The third-order valence-electron chi connectivity index (χ3n) is 6.31. The molecule has 2 saturated heterocycles. The normalized spacial score (nSPS) is 20.8. The van der Waals surface area contributed by atoms with E-state index in [1.54, 1.807) is 12.1 Å². The van der Waals surface area contributed by atoms with Crippen LogP contribution in [0.4, 0.5) is 5.69 Å². The Morgan fingerprint density at radius 2 is 1.93 bits per heavy atom. The lowest BCUT2D eigenvalue weighted by molar-refractivity contribution is 0.0622. The van der Waals surface area contributed by atoms with Crippen molar-refractivity contribution < 1.29 is 9.59 Å². The van der Waals surface area contributed by atoms with Crippen LogP contribution in [-0.4, -0.2) is 54.3 Å². The van der Waals surface area contributed by atoms with Crippen LogP contribution in [0.3, 0.4) is 0 Å². The largest absolute Gasteiger partial charge is 0.338 e. The van der Waals surface area contributed by atoms with Crippen molar-refractivity contribution in [3.8, 4) is 0 Å². The summed E-state index contributed by atoms with van der Waals surface area (Å²) in [5, 5.41) is 4.78. The van der Waals surface area contributed by atoms with Crippen LogP contribution in [0.1, 0.15) is 52.6 Å². The molecule has 2 fully saturated rings. The summed E-state index contributed by atoms with van der Waals surface area (Å²) in [6.07, 6.45) is 4.85. The van der Waals surface area contributed by atoms with Crippen LogP contribution in [0.2, 0.25) is 0 Å². The van der Waals surface area contributed by atoms with Crippen molar-refractivity contribution in [2.45, 2.75) is 32.6 Å². The standard InChI is InChI=1S/C24H31N3O2S/c1-18-9-12-26(13-10-18)16-19-5-3-11-27(17-19)24(29)20-6-2-7-21(15-20)25-23(28)22-8-4-14-30-22/h2,4,6-8,14-15,18-19H,3,5,9-13,16-17H2,1H3,(H,25,28). The third-order valence-corrected chi connectivity index (χ3v) is 7.18. The Kier molecular flexibility index (Phi) is 6.85. The van der Waals surface area contributed by atoms with E-state index in [9.17, 15) is 9.59 Å². The Bertz CT molecular complexity index is 859. The van der Waals surface area contributed by atoms with E-state index in [-0.39, 0.29) is 11.8 Å². The van der Waals surface area contributed by atoms with Gasteiger partial charge in [-0.1, -0.05) is 19.1 Å². The molecule has 3 heterocycles. The van der Waals surface area contributed by atoms with Gasteiger partial charge in [0, 0.05) is 30.9 Å². The maximum atomic E-state index is 13.1. The molecular formula is C24H31N3O2S. The van der Waals surface area contributed by atoms with Crippen molar-refractivity contribution in [2.24, 2.45) is 11.8 Å². The lowest BCUT2D eigenvalue weighted by Crippen LogP contribution is -2.45. The SMILES string of the molecule is CC1CCN(CC2CCCN(C(=O)c3cccc(NC(=O)c4cccs4)c3)C2)CC1. The number of carbonyl (C=O) groups excluding carboxylic acids is 2. The van der Waals surface area contributed by atoms with E-state index in [2.05, 4.69) is 17.1 Å². The summed E-state index contributed by atoms with van der Waals surface area (Å²) in [5.41, 5.74) is 1.31. The molecule has 160 valence electrons. The van der Waals surface area contributed by atoms with Crippen molar-refractivity contribution >= 4 is 28.8 Å². The molecule has 1 N–H and O–H groups in total. The molecule has 0 spiro atoms. The van der Waals surface area contributed by atoms with E-state index in [1.807, 2.05) is 34.5 Å². The fourth-order valence-corrected chi connectivity index (χ4v) is 5.14. The predicted octanol–water partition coefficient (Wildman–Crippen LogP) is 4.58. The van der Waals surface area contributed by atoms with Gasteiger partial charge in [0.15, 0.2) is 0 Å². The molecule has 2 aliphatic heterocycles. The molecule has 0 saturated carbocycles. The minimum Gasteiger partial charge on any atom is -0.338 e. The molecule has 30 heavy (non-hydrogen) atoms. The molecule has 1 aromatic heterocycles. The number of hydrogen-bond donors (Lipinski definition) is 1. The Morgan fingerprint density at radius 3 is 2.70 bits per heavy atom. The maximum Gasteiger partial charge on any atom is 0.265 e. The quantitative estimate of drug-likeness (QED) is 0.763. The van der Waals surface area contributed by atoms with Crippen LogP contribution >= 0.6 is 11.3 Å². The Hall–Kier alpha value is -2.18. The summed E-state index contributed by atoms with van der Waals surface area (Å²) in [6.45, 7) is 7.48. The van der Waals surface area contributed by atoms with Crippen molar-refractivity contribution in [1.29, 1.82) is 0 Å². The van der Waals surface area contributed by atoms with Gasteiger partial charge in [-0.25, -0.2) is 0 Å². The number of amides is 2. The fraction of sp³-hybridized carbons (Fsp3) is 0.500. The smallest absolute Gasteiger partial charge is 0.265 e. The van der Waals surface area contributed by atoms with Crippen molar-refractivity contribution in [1.82, 2.24) is 9.80 Å². The number of benzene rings is 1. The lowest BCUT2D eigenvalue weighted by atomic mass is 9.94.